The molecule has 0 fully saturated rings. The van der Waals surface area contributed by atoms with Gasteiger partial charge in [0.15, 0.2) is 23.0 Å². The molecule has 10 nitrogen and oxygen atoms in total. The number of carbonyl (C=O) groups excluding carboxylic acids is 1. The lowest BCUT2D eigenvalue weighted by molar-refractivity contribution is 0.174. The molecule has 144 valence electrons. The highest BCUT2D eigenvalue weighted by molar-refractivity contribution is 7.89. The summed E-state index contributed by atoms with van der Waals surface area (Å²) in [5, 5.41) is 2.48. The molecule has 11 heteroatoms. The van der Waals surface area contributed by atoms with Gasteiger partial charge in [-0.25, -0.2) is 13.2 Å². The molecule has 3 rings (SSSR count). The number of benzene rings is 2. The number of ether oxygens (including phenoxy) is 4. The Labute approximate surface area is 155 Å². The molecular formula is C16H17N3O7S. The maximum atomic E-state index is 12.3. The number of urea groups is 1. The van der Waals surface area contributed by atoms with Gasteiger partial charge in [0.2, 0.25) is 6.79 Å². The predicted molar refractivity (Wildman–Crippen MR) is 94.6 cm³/mol. The summed E-state index contributed by atoms with van der Waals surface area (Å²) < 4.78 is 45.2. The number of methoxy groups -OCH3 is 2. The Kier molecular flexibility index (Phi) is 5.23. The van der Waals surface area contributed by atoms with E-state index < -0.39 is 16.1 Å². The maximum Gasteiger partial charge on any atom is 0.334 e. The third-order valence-electron chi connectivity index (χ3n) is 3.59. The van der Waals surface area contributed by atoms with Gasteiger partial charge in [-0.2, -0.15) is 0 Å². The van der Waals surface area contributed by atoms with E-state index in [1.807, 2.05) is 4.83 Å². The van der Waals surface area contributed by atoms with Gasteiger partial charge in [-0.15, -0.1) is 4.83 Å². The molecule has 0 aromatic heterocycles. The highest BCUT2D eigenvalue weighted by Crippen LogP contribution is 2.34. The second-order valence-electron chi connectivity index (χ2n) is 5.27. The van der Waals surface area contributed by atoms with Crippen LogP contribution in [0.3, 0.4) is 0 Å². The summed E-state index contributed by atoms with van der Waals surface area (Å²) in [6.07, 6.45) is 0. The van der Waals surface area contributed by atoms with E-state index in [0.717, 1.165) is 0 Å². The van der Waals surface area contributed by atoms with Crippen LogP contribution < -0.4 is 34.5 Å². The van der Waals surface area contributed by atoms with E-state index >= 15 is 0 Å². The third-order valence-corrected chi connectivity index (χ3v) is 4.84. The molecule has 0 saturated carbocycles. The van der Waals surface area contributed by atoms with Crippen LogP contribution in [0.25, 0.3) is 0 Å². The van der Waals surface area contributed by atoms with Gasteiger partial charge in [0.05, 0.1) is 19.1 Å². The molecular weight excluding hydrogens is 378 g/mol. The smallest absolute Gasteiger partial charge is 0.334 e. The van der Waals surface area contributed by atoms with Crippen LogP contribution in [-0.2, 0) is 10.0 Å². The highest BCUT2D eigenvalue weighted by Gasteiger charge is 2.18. The van der Waals surface area contributed by atoms with Gasteiger partial charge in [-0.05, 0) is 24.3 Å². The standard InChI is InChI=1S/C16H17N3O7S/c1-23-12-6-4-11(8-14(12)24-2)27(21,22)19-18-16(20)17-10-3-5-13-15(7-10)26-9-25-13/h3-8,19H,9H2,1-2H3,(H2,17,18,20). The largest absolute Gasteiger partial charge is 0.493 e. The topological polar surface area (TPSA) is 124 Å². The fourth-order valence-corrected chi connectivity index (χ4v) is 3.15. The molecule has 2 aromatic carbocycles. The quantitative estimate of drug-likeness (QED) is 0.632. The number of sulfonamides is 1. The van der Waals surface area contributed by atoms with Crippen LogP contribution in [0.5, 0.6) is 23.0 Å². The first-order valence-corrected chi connectivity index (χ1v) is 9.12. The fraction of sp³-hybridized carbons (Fsp3) is 0.188. The van der Waals surface area contributed by atoms with Gasteiger partial charge < -0.3 is 24.3 Å². The number of hydrazine groups is 1. The minimum atomic E-state index is -4.02. The molecule has 2 aromatic rings. The normalized spacial score (nSPS) is 12.4. The minimum absolute atomic E-state index is 0.107. The fourth-order valence-electron chi connectivity index (χ4n) is 2.29. The lowest BCUT2D eigenvalue weighted by Gasteiger charge is -2.12. The summed E-state index contributed by atoms with van der Waals surface area (Å²) >= 11 is 0. The molecule has 0 unspecified atom stereocenters. The van der Waals surface area contributed by atoms with Crippen molar-refractivity contribution >= 4 is 21.7 Å². The lowest BCUT2D eigenvalue weighted by atomic mass is 10.3. The Hall–Kier alpha value is -3.18. The third kappa shape index (κ3) is 4.15. The van der Waals surface area contributed by atoms with Crippen molar-refractivity contribution in [1.82, 2.24) is 10.3 Å². The minimum Gasteiger partial charge on any atom is -0.493 e. The maximum absolute atomic E-state index is 12.3. The Morgan fingerprint density at radius 2 is 1.74 bits per heavy atom. The van der Waals surface area contributed by atoms with E-state index in [-0.39, 0.29) is 17.4 Å². The van der Waals surface area contributed by atoms with Crippen molar-refractivity contribution in [3.63, 3.8) is 0 Å². The molecule has 3 N–H and O–H groups in total. The van der Waals surface area contributed by atoms with Crippen molar-refractivity contribution in [2.45, 2.75) is 4.90 Å². The van der Waals surface area contributed by atoms with Crippen molar-refractivity contribution in [3.8, 4) is 23.0 Å². The number of carbonyl (C=O) groups is 1. The van der Waals surface area contributed by atoms with Crippen LogP contribution in [0.4, 0.5) is 10.5 Å². The molecule has 0 radical (unpaired) electrons. The Bertz CT molecular complexity index is 962. The number of nitrogens with one attached hydrogen (secondary N) is 3. The Morgan fingerprint density at radius 1 is 1.00 bits per heavy atom. The number of anilines is 1. The predicted octanol–water partition coefficient (Wildman–Crippen LogP) is 1.45. The number of rotatable bonds is 6. The number of hydrogen-bond acceptors (Lipinski definition) is 7. The number of fused-ring (bicyclic) bond motifs is 1. The number of hydrogen-bond donors (Lipinski definition) is 3. The second kappa shape index (κ2) is 7.60. The summed E-state index contributed by atoms with van der Waals surface area (Å²) in [4.78, 5) is 13.8. The van der Waals surface area contributed by atoms with E-state index in [0.29, 0.717) is 22.9 Å². The average Bonchev–Trinajstić information content (AvgIpc) is 3.13. The van der Waals surface area contributed by atoms with Gasteiger partial charge >= 0.3 is 6.03 Å². The average molecular weight is 395 g/mol. The van der Waals surface area contributed by atoms with Crippen LogP contribution in [0.1, 0.15) is 0 Å². The zero-order chi connectivity index (χ0) is 19.4. The molecule has 0 bridgehead atoms. The molecule has 0 spiro atoms. The van der Waals surface area contributed by atoms with Gasteiger partial charge in [0, 0.05) is 17.8 Å². The number of amides is 2. The molecule has 1 aliphatic rings. The monoisotopic (exact) mass is 395 g/mol. The van der Waals surface area contributed by atoms with Crippen molar-refractivity contribution in [3.05, 3.63) is 36.4 Å². The van der Waals surface area contributed by atoms with Crippen molar-refractivity contribution in [1.29, 1.82) is 0 Å². The van der Waals surface area contributed by atoms with Gasteiger partial charge in [-0.1, -0.05) is 0 Å². The van der Waals surface area contributed by atoms with Gasteiger partial charge in [-0.3, -0.25) is 5.43 Å². The SMILES string of the molecule is COc1ccc(S(=O)(=O)NNC(=O)Nc2ccc3c(c2)OCO3)cc1OC. The summed E-state index contributed by atoms with van der Waals surface area (Å²) in [5.74, 6) is 1.67. The van der Waals surface area contributed by atoms with Crippen LogP contribution in [-0.4, -0.2) is 35.5 Å². The second-order valence-corrected chi connectivity index (χ2v) is 6.95. The first-order chi connectivity index (χ1) is 12.9. The summed E-state index contributed by atoms with van der Waals surface area (Å²) in [6, 6.07) is 8.05. The molecule has 0 saturated heterocycles. The lowest BCUT2D eigenvalue weighted by Crippen LogP contribution is -2.43. The first kappa shape index (κ1) is 18.6. The zero-order valence-corrected chi connectivity index (χ0v) is 15.3. The van der Waals surface area contributed by atoms with Crippen molar-refractivity contribution in [2.75, 3.05) is 26.3 Å². The van der Waals surface area contributed by atoms with E-state index in [2.05, 4.69) is 10.7 Å². The molecule has 0 atom stereocenters. The molecule has 27 heavy (non-hydrogen) atoms. The van der Waals surface area contributed by atoms with Crippen LogP contribution in [0, 0.1) is 0 Å². The summed E-state index contributed by atoms with van der Waals surface area (Å²) in [5.41, 5.74) is 2.48. The summed E-state index contributed by atoms with van der Waals surface area (Å²) in [7, 11) is -1.19. The molecule has 2 amide bonds. The van der Waals surface area contributed by atoms with Crippen LogP contribution in [0.2, 0.25) is 0 Å². The van der Waals surface area contributed by atoms with Gasteiger partial charge in [0.1, 0.15) is 0 Å². The van der Waals surface area contributed by atoms with E-state index in [4.69, 9.17) is 18.9 Å². The van der Waals surface area contributed by atoms with Crippen LogP contribution in [0.15, 0.2) is 41.3 Å². The van der Waals surface area contributed by atoms with E-state index in [1.54, 1.807) is 18.2 Å². The van der Waals surface area contributed by atoms with Crippen LogP contribution >= 0.6 is 0 Å². The summed E-state index contributed by atoms with van der Waals surface area (Å²) in [6.45, 7) is 0.107. The molecule has 0 aliphatic carbocycles. The molecule has 1 heterocycles. The van der Waals surface area contributed by atoms with Crippen molar-refractivity contribution in [2.24, 2.45) is 0 Å². The highest BCUT2D eigenvalue weighted by atomic mass is 32.2. The first-order valence-electron chi connectivity index (χ1n) is 7.63. The Morgan fingerprint density at radius 3 is 2.48 bits per heavy atom. The Balaban J connectivity index is 1.64. The van der Waals surface area contributed by atoms with Crippen molar-refractivity contribution < 1.29 is 32.2 Å². The van der Waals surface area contributed by atoms with E-state index in [9.17, 15) is 13.2 Å². The zero-order valence-electron chi connectivity index (χ0n) is 14.4. The molecule has 1 aliphatic heterocycles. The van der Waals surface area contributed by atoms with E-state index in [1.165, 1.54) is 32.4 Å². The van der Waals surface area contributed by atoms with Gasteiger partial charge in [0.25, 0.3) is 10.0 Å².